The standard InChI is InChI=1S/C30H52O/c1-20(2)10-9-11-21(3)23-13-14-24-22-12-15-26-28(4,5)27(31-8)17-19-30(26,7)25(22)16-18-29(23,24)6/h15,20-25,27H,9-14,16-19H2,1-8H3. The van der Waals surface area contributed by atoms with E-state index in [4.69, 9.17) is 4.74 Å². The largest absolute Gasteiger partial charge is 0.381 e. The molecular weight excluding hydrogens is 376 g/mol. The lowest BCUT2D eigenvalue weighted by Crippen LogP contribution is -2.54. The summed E-state index contributed by atoms with van der Waals surface area (Å²) in [5.41, 5.74) is 2.94. The molecule has 0 aliphatic heterocycles. The Labute approximate surface area is 194 Å². The molecule has 4 aliphatic rings. The van der Waals surface area contributed by atoms with Gasteiger partial charge in [0.2, 0.25) is 0 Å². The van der Waals surface area contributed by atoms with Crippen molar-refractivity contribution in [2.75, 3.05) is 7.11 Å². The molecule has 4 rings (SSSR count). The maximum absolute atomic E-state index is 5.97. The number of ether oxygens (including phenoxy) is 1. The molecule has 4 aliphatic carbocycles. The van der Waals surface area contributed by atoms with Gasteiger partial charge >= 0.3 is 0 Å². The summed E-state index contributed by atoms with van der Waals surface area (Å²) >= 11 is 0. The van der Waals surface area contributed by atoms with Crippen molar-refractivity contribution >= 4 is 0 Å². The first-order chi connectivity index (χ1) is 14.6. The highest BCUT2D eigenvalue weighted by molar-refractivity contribution is 5.31. The number of methoxy groups -OCH3 is 1. The molecule has 0 radical (unpaired) electrons. The predicted molar refractivity (Wildman–Crippen MR) is 133 cm³/mol. The third-order valence-corrected chi connectivity index (χ3v) is 11.4. The normalized spacial score (nSPS) is 44.9. The molecule has 0 saturated heterocycles. The minimum absolute atomic E-state index is 0.191. The maximum Gasteiger partial charge on any atom is 0.0659 e. The van der Waals surface area contributed by atoms with Crippen molar-refractivity contribution in [2.45, 2.75) is 119 Å². The van der Waals surface area contributed by atoms with Gasteiger partial charge in [-0.15, -0.1) is 0 Å². The van der Waals surface area contributed by atoms with Crippen LogP contribution in [-0.2, 0) is 4.74 Å². The van der Waals surface area contributed by atoms with E-state index in [-0.39, 0.29) is 5.41 Å². The first-order valence-electron chi connectivity index (χ1n) is 13.8. The Morgan fingerprint density at radius 3 is 2.35 bits per heavy atom. The molecule has 31 heavy (non-hydrogen) atoms. The van der Waals surface area contributed by atoms with Crippen molar-refractivity contribution in [1.82, 2.24) is 0 Å². The zero-order valence-corrected chi connectivity index (χ0v) is 22.1. The van der Waals surface area contributed by atoms with Crippen LogP contribution in [0.5, 0.6) is 0 Å². The minimum atomic E-state index is 0.191. The quantitative estimate of drug-likeness (QED) is 0.384. The summed E-state index contributed by atoms with van der Waals surface area (Å²) in [6.45, 7) is 17.6. The van der Waals surface area contributed by atoms with Crippen LogP contribution in [0.15, 0.2) is 11.6 Å². The SMILES string of the molecule is COC1CCC2(C)C(=CCC3C2CCC2(C)C(C(C)CCCC(C)C)CCC32)C1(C)C. The summed E-state index contributed by atoms with van der Waals surface area (Å²) in [4.78, 5) is 0. The molecule has 3 saturated carbocycles. The fraction of sp³-hybridized carbons (Fsp3) is 0.933. The van der Waals surface area contributed by atoms with Gasteiger partial charge in [0.1, 0.15) is 0 Å². The zero-order chi connectivity index (χ0) is 22.6. The number of hydrogen-bond acceptors (Lipinski definition) is 1. The first-order valence-corrected chi connectivity index (χ1v) is 13.8. The van der Waals surface area contributed by atoms with Gasteiger partial charge in [-0.1, -0.05) is 79.4 Å². The molecule has 1 heteroatoms. The van der Waals surface area contributed by atoms with E-state index < -0.39 is 0 Å². The maximum atomic E-state index is 5.97. The molecule has 178 valence electrons. The van der Waals surface area contributed by atoms with Gasteiger partial charge in [-0.25, -0.2) is 0 Å². The molecule has 0 aromatic rings. The summed E-state index contributed by atoms with van der Waals surface area (Å²) in [7, 11) is 1.92. The second kappa shape index (κ2) is 8.48. The second-order valence-electron chi connectivity index (χ2n) is 13.7. The van der Waals surface area contributed by atoms with Crippen molar-refractivity contribution in [3.63, 3.8) is 0 Å². The Kier molecular flexibility index (Phi) is 6.53. The molecule has 0 spiro atoms. The monoisotopic (exact) mass is 428 g/mol. The van der Waals surface area contributed by atoms with E-state index >= 15 is 0 Å². The highest BCUT2D eigenvalue weighted by atomic mass is 16.5. The smallest absolute Gasteiger partial charge is 0.0659 e. The van der Waals surface area contributed by atoms with E-state index in [0.717, 1.165) is 35.5 Å². The second-order valence-corrected chi connectivity index (χ2v) is 13.7. The molecule has 0 aromatic carbocycles. The van der Waals surface area contributed by atoms with Gasteiger partial charge in [-0.05, 0) is 91.3 Å². The van der Waals surface area contributed by atoms with E-state index in [1.54, 1.807) is 5.57 Å². The molecule has 1 nitrogen and oxygen atoms in total. The third-order valence-electron chi connectivity index (χ3n) is 11.4. The predicted octanol–water partition coefficient (Wildman–Crippen LogP) is 8.68. The zero-order valence-electron chi connectivity index (χ0n) is 22.1. The van der Waals surface area contributed by atoms with Crippen LogP contribution in [0, 0.1) is 51.8 Å². The van der Waals surface area contributed by atoms with Crippen LogP contribution in [0.3, 0.4) is 0 Å². The lowest BCUT2D eigenvalue weighted by atomic mass is 9.44. The summed E-state index contributed by atoms with van der Waals surface area (Å²) in [5.74, 6) is 5.52. The van der Waals surface area contributed by atoms with Gasteiger partial charge in [0.05, 0.1) is 6.10 Å². The number of rotatable bonds is 6. The Morgan fingerprint density at radius 1 is 0.935 bits per heavy atom. The van der Waals surface area contributed by atoms with E-state index in [2.05, 4.69) is 54.5 Å². The Balaban J connectivity index is 1.54. The van der Waals surface area contributed by atoms with Gasteiger partial charge in [0.25, 0.3) is 0 Å². The molecule has 0 bridgehead atoms. The average molecular weight is 429 g/mol. The van der Waals surface area contributed by atoms with Crippen LogP contribution < -0.4 is 0 Å². The lowest BCUT2D eigenvalue weighted by Gasteiger charge is -2.61. The summed E-state index contributed by atoms with van der Waals surface area (Å²) in [6.07, 6.45) is 17.3. The van der Waals surface area contributed by atoms with Crippen LogP contribution in [0.1, 0.15) is 113 Å². The van der Waals surface area contributed by atoms with Crippen LogP contribution in [0.4, 0.5) is 0 Å². The fourth-order valence-corrected chi connectivity index (χ4v) is 9.82. The van der Waals surface area contributed by atoms with Gasteiger partial charge in [-0.2, -0.15) is 0 Å². The van der Waals surface area contributed by atoms with E-state index in [9.17, 15) is 0 Å². The average Bonchev–Trinajstić information content (AvgIpc) is 3.04. The highest BCUT2D eigenvalue weighted by Gasteiger charge is 2.61. The molecule has 0 N–H and O–H groups in total. The summed E-state index contributed by atoms with van der Waals surface area (Å²) in [6, 6.07) is 0. The van der Waals surface area contributed by atoms with E-state index in [0.29, 0.717) is 16.9 Å². The third kappa shape index (κ3) is 3.77. The molecule has 8 atom stereocenters. The van der Waals surface area contributed by atoms with Crippen molar-refractivity contribution < 1.29 is 4.74 Å². The van der Waals surface area contributed by atoms with Gasteiger partial charge in [-0.3, -0.25) is 0 Å². The van der Waals surface area contributed by atoms with Crippen LogP contribution in [0.2, 0.25) is 0 Å². The van der Waals surface area contributed by atoms with Gasteiger partial charge in [0.15, 0.2) is 0 Å². The van der Waals surface area contributed by atoms with Crippen LogP contribution in [-0.4, -0.2) is 13.2 Å². The van der Waals surface area contributed by atoms with Crippen molar-refractivity contribution in [1.29, 1.82) is 0 Å². The van der Waals surface area contributed by atoms with E-state index in [1.807, 2.05) is 7.11 Å². The lowest BCUT2D eigenvalue weighted by molar-refractivity contribution is -0.0860. The van der Waals surface area contributed by atoms with Crippen LogP contribution >= 0.6 is 0 Å². The minimum Gasteiger partial charge on any atom is -0.381 e. The van der Waals surface area contributed by atoms with E-state index in [1.165, 1.54) is 64.2 Å². The molecular formula is C30H52O. The molecule has 0 aromatic heterocycles. The topological polar surface area (TPSA) is 9.23 Å². The molecule has 3 fully saturated rings. The Hall–Kier alpha value is -0.300. The van der Waals surface area contributed by atoms with Crippen molar-refractivity contribution in [2.24, 2.45) is 51.8 Å². The number of allylic oxidation sites excluding steroid dienone is 1. The summed E-state index contributed by atoms with van der Waals surface area (Å²) < 4.78 is 5.97. The fourth-order valence-electron chi connectivity index (χ4n) is 9.82. The van der Waals surface area contributed by atoms with Gasteiger partial charge in [0, 0.05) is 12.5 Å². The van der Waals surface area contributed by atoms with Gasteiger partial charge < -0.3 is 4.74 Å². The number of hydrogen-bond donors (Lipinski definition) is 0. The number of fused-ring (bicyclic) bond motifs is 5. The van der Waals surface area contributed by atoms with Crippen molar-refractivity contribution in [3.05, 3.63) is 11.6 Å². The first kappa shape index (κ1) is 23.8. The highest BCUT2D eigenvalue weighted by Crippen LogP contribution is 2.69. The molecule has 0 amide bonds. The molecule has 0 heterocycles. The van der Waals surface area contributed by atoms with Crippen LogP contribution in [0.25, 0.3) is 0 Å². The van der Waals surface area contributed by atoms with Crippen molar-refractivity contribution in [3.8, 4) is 0 Å². The molecule has 8 unspecified atom stereocenters. The Bertz CT molecular complexity index is 674. The Morgan fingerprint density at radius 2 is 1.68 bits per heavy atom. The summed E-state index contributed by atoms with van der Waals surface area (Å²) in [5, 5.41) is 0.